The van der Waals surface area contributed by atoms with Crippen molar-refractivity contribution in [3.63, 3.8) is 0 Å². The Balaban J connectivity index is 4.13. The average molecular weight is 328 g/mol. The number of hydrogen-bond acceptors (Lipinski definition) is 4. The molecule has 0 radical (unpaired) electrons. The molecule has 0 aliphatic carbocycles. The number of alkyl halides is 1. The Bertz CT molecular complexity index is 269. The third-order valence-corrected chi connectivity index (χ3v) is 2.67. The Morgan fingerprint density at radius 3 is 2.33 bits per heavy atom. The van der Waals surface area contributed by atoms with Gasteiger partial charge in [0.15, 0.2) is 5.78 Å². The number of carbonyl (C=O) groups is 3. The fraction of sp³-hybridized carbons (Fsp3) is 0.625. The summed E-state index contributed by atoms with van der Waals surface area (Å²) in [5, 5.41) is 10.9. The van der Waals surface area contributed by atoms with E-state index in [9.17, 15) is 14.4 Å². The van der Waals surface area contributed by atoms with Crippen LogP contribution in [0.4, 0.5) is 0 Å². The predicted octanol–water partition coefficient (Wildman–Crippen LogP) is -0.703. The average Bonchev–Trinajstić information content (AvgIpc) is 2.13. The van der Waals surface area contributed by atoms with Crippen LogP contribution < -0.4 is 11.1 Å². The second kappa shape index (κ2) is 6.72. The van der Waals surface area contributed by atoms with Crippen LogP contribution in [0.1, 0.15) is 13.3 Å². The molecule has 0 fully saturated rings. The largest absolute Gasteiger partial charge is 0.480 e. The van der Waals surface area contributed by atoms with Crippen molar-refractivity contribution in [2.75, 3.05) is 6.54 Å². The summed E-state index contributed by atoms with van der Waals surface area (Å²) >= 11 is 1.65. The minimum atomic E-state index is -1.06. The molecule has 6 nitrogen and oxygen atoms in total. The van der Waals surface area contributed by atoms with Gasteiger partial charge in [0.1, 0.15) is 3.92 Å². The molecule has 0 saturated carbocycles. The first kappa shape index (κ1) is 14.3. The number of carboxylic acid groups (broad SMARTS) is 1. The van der Waals surface area contributed by atoms with Gasteiger partial charge in [-0.25, -0.2) is 0 Å². The van der Waals surface area contributed by atoms with E-state index < -0.39 is 21.8 Å². The minimum Gasteiger partial charge on any atom is -0.480 e. The Morgan fingerprint density at radius 2 is 2.00 bits per heavy atom. The van der Waals surface area contributed by atoms with E-state index in [1.54, 1.807) is 22.6 Å². The number of aliphatic carboxylic acids is 1. The van der Waals surface area contributed by atoms with E-state index in [4.69, 9.17) is 10.8 Å². The van der Waals surface area contributed by atoms with Crippen LogP contribution in [0, 0.1) is 0 Å². The molecule has 1 amide bonds. The number of Topliss-reactive ketones (excluding diaryl/α,β-unsaturated/α-hetero) is 1. The number of ketones is 1. The molecule has 0 aromatic rings. The van der Waals surface area contributed by atoms with Gasteiger partial charge in [-0.1, -0.05) is 22.6 Å². The maximum absolute atomic E-state index is 11.2. The first-order valence-electron chi connectivity index (χ1n) is 4.25. The van der Waals surface area contributed by atoms with Gasteiger partial charge in [-0.2, -0.15) is 0 Å². The Hall–Kier alpha value is -0.700. The molecule has 0 bridgehead atoms. The molecule has 86 valence electrons. The highest BCUT2D eigenvalue weighted by atomic mass is 127. The Labute approximate surface area is 101 Å². The van der Waals surface area contributed by atoms with Crippen molar-refractivity contribution in [2.24, 2.45) is 5.73 Å². The number of nitrogens with two attached hydrogens (primary N) is 1. The summed E-state index contributed by atoms with van der Waals surface area (Å²) in [7, 11) is 0. The van der Waals surface area contributed by atoms with Crippen LogP contribution in [0.3, 0.4) is 0 Å². The lowest BCUT2D eigenvalue weighted by molar-refractivity contribution is -0.137. The van der Waals surface area contributed by atoms with Gasteiger partial charge < -0.3 is 16.2 Å². The molecule has 0 aromatic carbocycles. The molecule has 0 spiro atoms. The summed E-state index contributed by atoms with van der Waals surface area (Å²) in [5.41, 5.74) is 5.26. The lowest BCUT2D eigenvalue weighted by Gasteiger charge is -2.13. The van der Waals surface area contributed by atoms with Gasteiger partial charge in [-0.3, -0.25) is 14.4 Å². The smallest absolute Gasteiger partial charge is 0.316 e. The summed E-state index contributed by atoms with van der Waals surface area (Å²) < 4.78 is -0.798. The molecule has 7 heteroatoms. The van der Waals surface area contributed by atoms with Crippen molar-refractivity contribution in [2.45, 2.75) is 23.3 Å². The number of rotatable bonds is 6. The molecule has 2 atom stereocenters. The second-order valence-electron chi connectivity index (χ2n) is 2.98. The molecule has 15 heavy (non-hydrogen) atoms. The second-order valence-corrected chi connectivity index (χ2v) is 4.48. The van der Waals surface area contributed by atoms with Crippen molar-refractivity contribution in [3.05, 3.63) is 0 Å². The number of hydrogen-bond donors (Lipinski definition) is 3. The van der Waals surface area contributed by atoms with Gasteiger partial charge in [0, 0.05) is 13.0 Å². The normalized spacial score (nSPS) is 14.1. The standard InChI is InChI=1S/C8H13IN2O4/c1-4(12)6(3-10)11-7(13)2-5(9)8(14)15/h5-6H,2-3,10H2,1H3,(H,11,13)(H,14,15)/t5?,6-/m1/s1. The fourth-order valence-electron chi connectivity index (χ4n) is 0.830. The summed E-state index contributed by atoms with van der Waals surface area (Å²) in [6, 6.07) is -0.727. The highest BCUT2D eigenvalue weighted by Crippen LogP contribution is 2.05. The van der Waals surface area contributed by atoms with E-state index in [0.29, 0.717) is 0 Å². The van der Waals surface area contributed by atoms with E-state index >= 15 is 0 Å². The van der Waals surface area contributed by atoms with Crippen molar-refractivity contribution < 1.29 is 19.5 Å². The monoisotopic (exact) mass is 328 g/mol. The van der Waals surface area contributed by atoms with E-state index in [0.717, 1.165) is 0 Å². The number of amides is 1. The summed E-state index contributed by atoms with van der Waals surface area (Å²) in [5.74, 6) is -1.79. The van der Waals surface area contributed by atoms with E-state index in [-0.39, 0.29) is 18.7 Å². The number of nitrogens with one attached hydrogen (secondary N) is 1. The zero-order valence-electron chi connectivity index (χ0n) is 8.20. The third kappa shape index (κ3) is 5.67. The van der Waals surface area contributed by atoms with Crippen LogP contribution >= 0.6 is 22.6 Å². The quantitative estimate of drug-likeness (QED) is 0.441. The molecule has 0 heterocycles. The molecule has 0 aromatic heterocycles. The van der Waals surface area contributed by atoms with Crippen LogP contribution in [0.25, 0.3) is 0 Å². The third-order valence-electron chi connectivity index (χ3n) is 1.69. The van der Waals surface area contributed by atoms with Gasteiger partial charge in [-0.15, -0.1) is 0 Å². The van der Waals surface area contributed by atoms with E-state index in [1.165, 1.54) is 6.92 Å². The van der Waals surface area contributed by atoms with E-state index in [2.05, 4.69) is 5.32 Å². The number of halogens is 1. The summed E-state index contributed by atoms with van der Waals surface area (Å²) in [6.45, 7) is 1.33. The van der Waals surface area contributed by atoms with Crippen LogP contribution in [0.2, 0.25) is 0 Å². The molecule has 0 aliphatic heterocycles. The van der Waals surface area contributed by atoms with Crippen LogP contribution in [0.15, 0.2) is 0 Å². The number of carboxylic acids is 1. The van der Waals surface area contributed by atoms with Gasteiger partial charge in [0.25, 0.3) is 0 Å². The molecule has 0 saturated heterocycles. The van der Waals surface area contributed by atoms with Gasteiger partial charge >= 0.3 is 5.97 Å². The Morgan fingerprint density at radius 1 is 1.47 bits per heavy atom. The van der Waals surface area contributed by atoms with Crippen molar-refractivity contribution in [1.82, 2.24) is 5.32 Å². The molecule has 0 rings (SSSR count). The maximum Gasteiger partial charge on any atom is 0.316 e. The highest BCUT2D eigenvalue weighted by molar-refractivity contribution is 14.1. The minimum absolute atomic E-state index is 0.0139. The van der Waals surface area contributed by atoms with Gasteiger partial charge in [0.05, 0.1) is 6.04 Å². The summed E-state index contributed by atoms with van der Waals surface area (Å²) in [4.78, 5) is 32.6. The highest BCUT2D eigenvalue weighted by Gasteiger charge is 2.20. The first-order valence-corrected chi connectivity index (χ1v) is 5.49. The zero-order chi connectivity index (χ0) is 12.0. The van der Waals surface area contributed by atoms with Crippen LogP contribution in [-0.4, -0.2) is 39.3 Å². The maximum atomic E-state index is 11.2. The van der Waals surface area contributed by atoms with Crippen LogP contribution in [0.5, 0.6) is 0 Å². The lowest BCUT2D eigenvalue weighted by Crippen LogP contribution is -2.45. The number of carbonyl (C=O) groups excluding carboxylic acids is 2. The molecular formula is C8H13IN2O4. The SMILES string of the molecule is CC(=O)[C@@H](CN)NC(=O)CC(I)C(=O)O. The zero-order valence-corrected chi connectivity index (χ0v) is 10.4. The van der Waals surface area contributed by atoms with Crippen LogP contribution in [-0.2, 0) is 14.4 Å². The molecule has 0 aliphatic rings. The first-order chi connectivity index (χ1) is 6.88. The topological polar surface area (TPSA) is 109 Å². The van der Waals surface area contributed by atoms with Crippen molar-refractivity contribution in [3.8, 4) is 0 Å². The lowest BCUT2D eigenvalue weighted by atomic mass is 10.2. The summed E-state index contributed by atoms with van der Waals surface area (Å²) in [6.07, 6.45) is -0.167. The fourth-order valence-corrected chi connectivity index (χ4v) is 1.23. The van der Waals surface area contributed by atoms with Crippen molar-refractivity contribution >= 4 is 40.3 Å². The van der Waals surface area contributed by atoms with Gasteiger partial charge in [-0.05, 0) is 6.92 Å². The predicted molar refractivity (Wildman–Crippen MR) is 61.7 cm³/mol. The molecule has 4 N–H and O–H groups in total. The van der Waals surface area contributed by atoms with Gasteiger partial charge in [0.2, 0.25) is 5.91 Å². The molecule has 1 unspecified atom stereocenters. The Kier molecular flexibility index (Phi) is 6.41. The van der Waals surface area contributed by atoms with Crippen molar-refractivity contribution in [1.29, 1.82) is 0 Å². The van der Waals surface area contributed by atoms with E-state index in [1.807, 2.05) is 0 Å². The molecular weight excluding hydrogens is 315 g/mol.